The van der Waals surface area contributed by atoms with Crippen LogP contribution in [0.5, 0.6) is 0 Å². The van der Waals surface area contributed by atoms with E-state index in [-0.39, 0.29) is 0 Å². The normalized spacial score (nSPS) is 30.0. The van der Waals surface area contributed by atoms with Gasteiger partial charge in [-0.25, -0.2) is 5.90 Å². The highest BCUT2D eigenvalue weighted by atomic mass is 16.6. The Morgan fingerprint density at radius 1 is 1.26 bits per heavy atom. The second-order valence-corrected chi connectivity index (χ2v) is 6.54. The molecule has 2 aliphatic rings. The van der Waals surface area contributed by atoms with Crippen molar-refractivity contribution < 1.29 is 4.84 Å². The Balaban J connectivity index is 1.71. The van der Waals surface area contributed by atoms with Crippen LogP contribution in [0, 0.1) is 5.92 Å². The van der Waals surface area contributed by atoms with E-state index in [1.165, 1.54) is 32.5 Å². The first-order valence-corrected chi connectivity index (χ1v) is 7.97. The standard InChI is InChI=1S/C15H31N3O/c1-4-17(14-9-15(10-14)19-16)11-13-5-7-18(8-6-13)12(2)3/h12-15H,4-11,16H2,1-3H3/t14-,15-. The van der Waals surface area contributed by atoms with Gasteiger partial charge in [0.25, 0.3) is 0 Å². The lowest BCUT2D eigenvalue weighted by atomic mass is 9.86. The molecule has 0 amide bonds. The SMILES string of the molecule is CCN(CC1CCN(C(C)C)CC1)[C@H]1C[C@H](ON)C1. The van der Waals surface area contributed by atoms with Crippen LogP contribution in [0.15, 0.2) is 0 Å². The van der Waals surface area contributed by atoms with Crippen LogP contribution in [-0.4, -0.2) is 54.2 Å². The van der Waals surface area contributed by atoms with Gasteiger partial charge < -0.3 is 14.6 Å². The van der Waals surface area contributed by atoms with Gasteiger partial charge in [0.2, 0.25) is 0 Å². The highest BCUT2D eigenvalue weighted by Gasteiger charge is 2.34. The summed E-state index contributed by atoms with van der Waals surface area (Å²) in [7, 11) is 0. The molecule has 2 N–H and O–H groups in total. The first-order chi connectivity index (χ1) is 9.13. The summed E-state index contributed by atoms with van der Waals surface area (Å²) >= 11 is 0. The summed E-state index contributed by atoms with van der Waals surface area (Å²) in [5.74, 6) is 6.12. The molecule has 2 fully saturated rings. The highest BCUT2D eigenvalue weighted by Crippen LogP contribution is 2.29. The van der Waals surface area contributed by atoms with Crippen LogP contribution in [0.25, 0.3) is 0 Å². The number of piperidine rings is 1. The molecule has 1 aliphatic carbocycles. The minimum absolute atomic E-state index is 0.307. The lowest BCUT2D eigenvalue weighted by Gasteiger charge is -2.44. The van der Waals surface area contributed by atoms with Gasteiger partial charge in [0.15, 0.2) is 0 Å². The number of rotatable bonds is 6. The average molecular weight is 269 g/mol. The molecule has 1 saturated carbocycles. The van der Waals surface area contributed by atoms with Crippen LogP contribution in [0.1, 0.15) is 46.5 Å². The monoisotopic (exact) mass is 269 g/mol. The molecule has 4 nitrogen and oxygen atoms in total. The third kappa shape index (κ3) is 3.91. The molecule has 0 aromatic carbocycles. The number of nitrogens with two attached hydrogens (primary N) is 1. The van der Waals surface area contributed by atoms with Crippen LogP contribution in [0.2, 0.25) is 0 Å². The van der Waals surface area contributed by atoms with Crippen molar-refractivity contribution in [2.75, 3.05) is 26.2 Å². The molecule has 2 rings (SSSR count). The molecule has 0 spiro atoms. The Bertz CT molecular complexity index is 258. The Labute approximate surface area is 118 Å². The zero-order valence-corrected chi connectivity index (χ0v) is 12.8. The average Bonchev–Trinajstić information content (AvgIpc) is 2.36. The van der Waals surface area contributed by atoms with E-state index in [1.807, 2.05) is 0 Å². The van der Waals surface area contributed by atoms with E-state index in [0.29, 0.717) is 18.2 Å². The summed E-state index contributed by atoms with van der Waals surface area (Å²) in [6.45, 7) is 11.9. The molecule has 0 aromatic rings. The van der Waals surface area contributed by atoms with Gasteiger partial charge in [-0.15, -0.1) is 0 Å². The molecule has 0 radical (unpaired) electrons. The van der Waals surface area contributed by atoms with Gasteiger partial charge in [0, 0.05) is 18.6 Å². The van der Waals surface area contributed by atoms with Gasteiger partial charge in [-0.3, -0.25) is 0 Å². The van der Waals surface area contributed by atoms with Crippen LogP contribution in [0.3, 0.4) is 0 Å². The van der Waals surface area contributed by atoms with Gasteiger partial charge in [0.1, 0.15) is 0 Å². The summed E-state index contributed by atoms with van der Waals surface area (Å²) in [6.07, 6.45) is 5.27. The molecular formula is C15H31N3O. The van der Waals surface area contributed by atoms with Crippen molar-refractivity contribution in [3.8, 4) is 0 Å². The maximum absolute atomic E-state index is 5.24. The molecule has 1 heterocycles. The summed E-state index contributed by atoms with van der Waals surface area (Å²) < 4.78 is 0. The van der Waals surface area contributed by atoms with Gasteiger partial charge in [-0.05, 0) is 65.1 Å². The molecule has 0 atom stereocenters. The van der Waals surface area contributed by atoms with Crippen molar-refractivity contribution in [3.63, 3.8) is 0 Å². The quantitative estimate of drug-likeness (QED) is 0.747. The minimum atomic E-state index is 0.307. The van der Waals surface area contributed by atoms with Gasteiger partial charge in [-0.2, -0.15) is 0 Å². The lowest BCUT2D eigenvalue weighted by molar-refractivity contribution is -0.0564. The zero-order valence-electron chi connectivity index (χ0n) is 12.8. The van der Waals surface area contributed by atoms with Gasteiger partial charge in [-0.1, -0.05) is 6.92 Å². The minimum Gasteiger partial charge on any atom is -0.301 e. The van der Waals surface area contributed by atoms with E-state index in [9.17, 15) is 0 Å². The Morgan fingerprint density at radius 2 is 1.89 bits per heavy atom. The van der Waals surface area contributed by atoms with E-state index in [2.05, 4.69) is 30.6 Å². The van der Waals surface area contributed by atoms with E-state index in [1.54, 1.807) is 0 Å². The lowest BCUT2D eigenvalue weighted by Crippen LogP contribution is -2.51. The van der Waals surface area contributed by atoms with Crippen molar-refractivity contribution in [2.24, 2.45) is 11.8 Å². The molecule has 0 unspecified atom stereocenters. The molecule has 1 saturated heterocycles. The predicted molar refractivity (Wildman–Crippen MR) is 78.8 cm³/mol. The first-order valence-electron chi connectivity index (χ1n) is 7.97. The number of hydrogen-bond acceptors (Lipinski definition) is 4. The Morgan fingerprint density at radius 3 is 2.37 bits per heavy atom. The van der Waals surface area contributed by atoms with E-state index in [0.717, 1.165) is 25.3 Å². The maximum atomic E-state index is 5.24. The maximum Gasteiger partial charge on any atom is 0.0817 e. The number of hydrogen-bond donors (Lipinski definition) is 1. The van der Waals surface area contributed by atoms with E-state index in [4.69, 9.17) is 10.7 Å². The largest absolute Gasteiger partial charge is 0.301 e. The molecule has 19 heavy (non-hydrogen) atoms. The topological polar surface area (TPSA) is 41.7 Å². The molecule has 0 bridgehead atoms. The number of nitrogens with zero attached hydrogens (tertiary/aromatic N) is 2. The van der Waals surface area contributed by atoms with Crippen molar-refractivity contribution in [1.29, 1.82) is 0 Å². The van der Waals surface area contributed by atoms with Crippen LogP contribution in [0.4, 0.5) is 0 Å². The molecule has 1 aliphatic heterocycles. The van der Waals surface area contributed by atoms with Crippen molar-refractivity contribution >= 4 is 0 Å². The van der Waals surface area contributed by atoms with Gasteiger partial charge >= 0.3 is 0 Å². The number of likely N-dealkylation sites (tertiary alicyclic amines) is 1. The second kappa shape index (κ2) is 7.02. The third-order valence-electron chi connectivity index (χ3n) is 5.06. The van der Waals surface area contributed by atoms with E-state index < -0.39 is 0 Å². The van der Waals surface area contributed by atoms with Gasteiger partial charge in [0.05, 0.1) is 6.10 Å². The molecule has 112 valence electrons. The summed E-state index contributed by atoms with van der Waals surface area (Å²) in [5, 5.41) is 0. The second-order valence-electron chi connectivity index (χ2n) is 6.54. The fourth-order valence-electron chi connectivity index (χ4n) is 3.47. The van der Waals surface area contributed by atoms with Crippen molar-refractivity contribution in [2.45, 2.75) is 64.6 Å². The Hall–Kier alpha value is -0.160. The summed E-state index contributed by atoms with van der Waals surface area (Å²) in [6, 6.07) is 1.42. The van der Waals surface area contributed by atoms with Crippen LogP contribution < -0.4 is 5.90 Å². The van der Waals surface area contributed by atoms with E-state index >= 15 is 0 Å². The zero-order chi connectivity index (χ0) is 13.8. The molecular weight excluding hydrogens is 238 g/mol. The highest BCUT2D eigenvalue weighted by molar-refractivity contribution is 4.89. The third-order valence-corrected chi connectivity index (χ3v) is 5.06. The molecule has 4 heteroatoms. The van der Waals surface area contributed by atoms with Crippen molar-refractivity contribution in [1.82, 2.24) is 9.80 Å². The Kier molecular flexibility index (Phi) is 5.63. The fourth-order valence-corrected chi connectivity index (χ4v) is 3.47. The van der Waals surface area contributed by atoms with Crippen LogP contribution >= 0.6 is 0 Å². The van der Waals surface area contributed by atoms with Crippen LogP contribution in [-0.2, 0) is 4.84 Å². The fraction of sp³-hybridized carbons (Fsp3) is 1.00. The summed E-state index contributed by atoms with van der Waals surface area (Å²) in [4.78, 5) is 10.2. The smallest absolute Gasteiger partial charge is 0.0817 e. The predicted octanol–water partition coefficient (Wildman–Crippen LogP) is 1.85. The van der Waals surface area contributed by atoms with Crippen molar-refractivity contribution in [3.05, 3.63) is 0 Å². The first kappa shape index (κ1) is 15.2. The summed E-state index contributed by atoms with van der Waals surface area (Å²) in [5.41, 5.74) is 0. The molecule has 0 aromatic heterocycles.